The molecule has 2 aromatic carbocycles. The predicted octanol–water partition coefficient (Wildman–Crippen LogP) is 5.69. The number of benzene rings is 2. The van der Waals surface area contributed by atoms with Crippen LogP contribution in [0.25, 0.3) is 5.76 Å². The van der Waals surface area contributed by atoms with Gasteiger partial charge in [0.15, 0.2) is 5.13 Å². The Morgan fingerprint density at radius 2 is 1.72 bits per heavy atom. The fourth-order valence-corrected chi connectivity index (χ4v) is 5.13. The molecule has 4 rings (SSSR count). The summed E-state index contributed by atoms with van der Waals surface area (Å²) >= 11 is 0.992. The molecule has 1 atom stereocenters. The number of aliphatic hydroxyl groups is 1. The Kier molecular flexibility index (Phi) is 7.08. The number of amides is 1. The molecule has 0 aliphatic carbocycles. The van der Waals surface area contributed by atoms with Gasteiger partial charge >= 0.3 is 11.9 Å². The molecule has 0 spiro atoms. The normalized spacial score (nSPS) is 17.2. The third-order valence-corrected chi connectivity index (χ3v) is 7.28. The van der Waals surface area contributed by atoms with Crippen molar-refractivity contribution in [2.24, 2.45) is 0 Å². The van der Waals surface area contributed by atoms with Gasteiger partial charge in [0.2, 0.25) is 0 Å². The highest BCUT2D eigenvalue weighted by Crippen LogP contribution is 2.44. The van der Waals surface area contributed by atoms with Crippen LogP contribution in [0.4, 0.5) is 5.13 Å². The Morgan fingerprint density at radius 1 is 1.08 bits per heavy atom. The Bertz CT molecular complexity index is 1350. The molecule has 0 bridgehead atoms. The zero-order valence-corrected chi connectivity index (χ0v) is 21.7. The second-order valence-corrected chi connectivity index (χ2v) is 9.97. The van der Waals surface area contributed by atoms with Gasteiger partial charge in [0.25, 0.3) is 5.78 Å². The second-order valence-electron chi connectivity index (χ2n) is 8.99. The molecule has 3 aromatic rings. The molecule has 7 nitrogen and oxygen atoms in total. The SMILES string of the molecule is CCOC(=O)c1sc(N2C(=O)C(=O)C(=C(O)c3ccc(C)cc3)[C@H]2c2ccc(C(C)C)cc2)nc1C. The third-order valence-electron chi connectivity index (χ3n) is 6.14. The van der Waals surface area contributed by atoms with Gasteiger partial charge in [0.05, 0.1) is 23.9 Å². The quantitative estimate of drug-likeness (QED) is 0.201. The summed E-state index contributed by atoms with van der Waals surface area (Å²) in [6.45, 7) is 9.64. The Hall–Kier alpha value is -3.78. The number of nitrogens with zero attached hydrogens (tertiary/aromatic N) is 2. The van der Waals surface area contributed by atoms with Crippen LogP contribution in [0.1, 0.15) is 70.4 Å². The zero-order valence-electron chi connectivity index (χ0n) is 20.9. The van der Waals surface area contributed by atoms with E-state index in [2.05, 4.69) is 18.8 Å². The van der Waals surface area contributed by atoms with Crippen molar-refractivity contribution in [1.29, 1.82) is 0 Å². The van der Waals surface area contributed by atoms with Gasteiger partial charge in [0, 0.05) is 5.56 Å². The van der Waals surface area contributed by atoms with Crippen molar-refractivity contribution in [3.8, 4) is 0 Å². The molecule has 1 fully saturated rings. The molecular formula is C28H28N2O5S. The van der Waals surface area contributed by atoms with Crippen LogP contribution >= 0.6 is 11.3 Å². The zero-order chi connectivity index (χ0) is 26.1. The number of Topliss-reactive ketones (excluding diaryl/α,β-unsaturated/α-hetero) is 1. The molecule has 1 aromatic heterocycles. The number of rotatable bonds is 6. The summed E-state index contributed by atoms with van der Waals surface area (Å²) in [5.41, 5.74) is 3.57. The minimum Gasteiger partial charge on any atom is -0.507 e. The molecule has 0 radical (unpaired) electrons. The van der Waals surface area contributed by atoms with Crippen molar-refractivity contribution in [1.82, 2.24) is 4.98 Å². The number of aliphatic hydroxyl groups excluding tert-OH is 1. The summed E-state index contributed by atoms with van der Waals surface area (Å²) in [4.78, 5) is 45.1. The molecule has 2 heterocycles. The maximum absolute atomic E-state index is 13.4. The molecule has 0 saturated carbocycles. The average molecular weight is 505 g/mol. The number of hydrogen-bond acceptors (Lipinski definition) is 7. The smallest absolute Gasteiger partial charge is 0.350 e. The summed E-state index contributed by atoms with van der Waals surface area (Å²) in [6.07, 6.45) is 0. The molecular weight excluding hydrogens is 476 g/mol. The molecule has 1 amide bonds. The number of hydrogen-bond donors (Lipinski definition) is 1. The molecule has 1 aliphatic rings. The highest BCUT2D eigenvalue weighted by Gasteiger charge is 2.48. The highest BCUT2D eigenvalue weighted by atomic mass is 32.1. The van der Waals surface area contributed by atoms with Crippen LogP contribution in [0.3, 0.4) is 0 Å². The van der Waals surface area contributed by atoms with E-state index in [0.717, 1.165) is 22.5 Å². The van der Waals surface area contributed by atoms with E-state index in [9.17, 15) is 19.5 Å². The van der Waals surface area contributed by atoms with Gasteiger partial charge in [-0.25, -0.2) is 9.78 Å². The van der Waals surface area contributed by atoms with Crippen molar-refractivity contribution in [3.63, 3.8) is 0 Å². The number of aromatic nitrogens is 1. The number of esters is 1. The number of thiazole rings is 1. The molecule has 8 heteroatoms. The molecule has 0 unspecified atom stereocenters. The van der Waals surface area contributed by atoms with Crippen molar-refractivity contribution >= 4 is 39.9 Å². The van der Waals surface area contributed by atoms with Crippen LogP contribution in [-0.2, 0) is 14.3 Å². The van der Waals surface area contributed by atoms with E-state index in [1.165, 1.54) is 4.90 Å². The lowest BCUT2D eigenvalue weighted by Gasteiger charge is -2.23. The average Bonchev–Trinajstić information content (AvgIpc) is 3.36. The monoisotopic (exact) mass is 504 g/mol. The Morgan fingerprint density at radius 3 is 2.31 bits per heavy atom. The first-order chi connectivity index (χ1) is 17.1. The summed E-state index contributed by atoms with van der Waals surface area (Å²) in [5.74, 6) is -2.12. The summed E-state index contributed by atoms with van der Waals surface area (Å²) in [7, 11) is 0. The number of carbonyl (C=O) groups excluding carboxylic acids is 3. The van der Waals surface area contributed by atoms with Gasteiger partial charge < -0.3 is 9.84 Å². The molecule has 36 heavy (non-hydrogen) atoms. The summed E-state index contributed by atoms with van der Waals surface area (Å²) in [5, 5.41) is 11.4. The van der Waals surface area contributed by atoms with Gasteiger partial charge in [-0.05, 0) is 37.8 Å². The Labute approximate surface area is 214 Å². The lowest BCUT2D eigenvalue weighted by atomic mass is 9.93. The molecule has 1 saturated heterocycles. The van der Waals surface area contributed by atoms with E-state index in [1.54, 1.807) is 26.0 Å². The van der Waals surface area contributed by atoms with Crippen molar-refractivity contribution in [2.45, 2.75) is 46.6 Å². The first kappa shape index (κ1) is 25.3. The van der Waals surface area contributed by atoms with E-state index in [4.69, 9.17) is 4.74 Å². The molecule has 1 N–H and O–H groups in total. The van der Waals surface area contributed by atoms with Gasteiger partial charge in [-0.3, -0.25) is 14.5 Å². The second kappa shape index (κ2) is 10.1. The predicted molar refractivity (Wildman–Crippen MR) is 139 cm³/mol. The number of ketones is 1. The van der Waals surface area contributed by atoms with Gasteiger partial charge in [-0.2, -0.15) is 0 Å². The van der Waals surface area contributed by atoms with E-state index in [0.29, 0.717) is 22.7 Å². The maximum atomic E-state index is 13.4. The number of aryl methyl sites for hydroxylation is 2. The van der Waals surface area contributed by atoms with Gasteiger partial charge in [-0.15, -0.1) is 0 Å². The number of carbonyl (C=O) groups is 3. The minimum absolute atomic E-state index is 0.0216. The fraction of sp³-hybridized carbons (Fsp3) is 0.286. The first-order valence-electron chi connectivity index (χ1n) is 11.8. The van der Waals surface area contributed by atoms with E-state index >= 15 is 0 Å². The summed E-state index contributed by atoms with van der Waals surface area (Å²) in [6, 6.07) is 13.8. The topological polar surface area (TPSA) is 96.8 Å². The lowest BCUT2D eigenvalue weighted by molar-refractivity contribution is -0.132. The van der Waals surface area contributed by atoms with E-state index < -0.39 is 23.7 Å². The van der Waals surface area contributed by atoms with Crippen LogP contribution in [-0.4, -0.2) is 34.4 Å². The van der Waals surface area contributed by atoms with Crippen LogP contribution in [0, 0.1) is 13.8 Å². The van der Waals surface area contributed by atoms with E-state index in [-0.39, 0.29) is 27.9 Å². The van der Waals surface area contributed by atoms with E-state index in [1.807, 2.05) is 43.3 Å². The van der Waals surface area contributed by atoms with Crippen molar-refractivity contribution in [2.75, 3.05) is 11.5 Å². The van der Waals surface area contributed by atoms with Crippen LogP contribution in [0.2, 0.25) is 0 Å². The fourth-order valence-electron chi connectivity index (χ4n) is 4.15. The maximum Gasteiger partial charge on any atom is 0.350 e. The van der Waals surface area contributed by atoms with Crippen molar-refractivity contribution in [3.05, 3.63) is 86.9 Å². The standard InChI is InChI=1S/C28H28N2O5S/c1-6-35-27(34)25-17(5)29-28(36-25)30-22(19-13-11-18(12-14-19)15(2)3)21(24(32)26(30)33)23(31)20-9-7-16(4)8-10-20/h7-15,22,31H,6H2,1-5H3/t22-/m1/s1. The van der Waals surface area contributed by atoms with Crippen LogP contribution < -0.4 is 4.90 Å². The lowest BCUT2D eigenvalue weighted by Crippen LogP contribution is -2.29. The highest BCUT2D eigenvalue weighted by molar-refractivity contribution is 7.17. The molecule has 186 valence electrons. The minimum atomic E-state index is -0.909. The van der Waals surface area contributed by atoms with Crippen LogP contribution in [0.5, 0.6) is 0 Å². The van der Waals surface area contributed by atoms with Gasteiger partial charge in [-0.1, -0.05) is 79.3 Å². The summed E-state index contributed by atoms with van der Waals surface area (Å²) < 4.78 is 5.12. The number of ether oxygens (including phenoxy) is 1. The Balaban J connectivity index is 1.90. The van der Waals surface area contributed by atoms with Crippen molar-refractivity contribution < 1.29 is 24.2 Å². The molecule has 1 aliphatic heterocycles. The van der Waals surface area contributed by atoms with Gasteiger partial charge in [0.1, 0.15) is 10.6 Å². The third kappa shape index (κ3) is 4.56. The van der Waals surface area contributed by atoms with Crippen LogP contribution in [0.15, 0.2) is 54.1 Å². The number of anilines is 1. The largest absolute Gasteiger partial charge is 0.507 e. The first-order valence-corrected chi connectivity index (χ1v) is 12.6.